The largest absolute Gasteiger partial charge is 0.469 e. The molecule has 0 radical (unpaired) electrons. The summed E-state index contributed by atoms with van der Waals surface area (Å²) in [4.78, 5) is 26.4. The molecule has 0 atom stereocenters. The summed E-state index contributed by atoms with van der Waals surface area (Å²) in [6.07, 6.45) is 9.19. The molecular weight excluding hydrogens is 278 g/mol. The van der Waals surface area contributed by atoms with Crippen molar-refractivity contribution in [1.82, 2.24) is 4.90 Å². The lowest BCUT2D eigenvalue weighted by Crippen LogP contribution is -2.54. The molecule has 0 saturated heterocycles. The SMILES string of the molecule is C=CCN(CCC(=O)OC)C(=O)C12CC3CC(CC(C3)C1)C2. The Hall–Kier alpha value is -1.32. The molecule has 22 heavy (non-hydrogen) atoms. The zero-order chi connectivity index (χ0) is 15.7. The topological polar surface area (TPSA) is 46.6 Å². The van der Waals surface area contributed by atoms with E-state index in [0.717, 1.165) is 37.0 Å². The molecule has 0 aromatic heterocycles. The molecule has 4 heteroatoms. The van der Waals surface area contributed by atoms with Crippen molar-refractivity contribution in [1.29, 1.82) is 0 Å². The normalized spacial score (nSPS) is 35.2. The first-order chi connectivity index (χ1) is 10.6. The lowest BCUT2D eigenvalue weighted by molar-refractivity contribution is -0.157. The van der Waals surface area contributed by atoms with E-state index >= 15 is 0 Å². The molecule has 4 bridgehead atoms. The average molecular weight is 305 g/mol. The molecule has 122 valence electrons. The third-order valence-corrected chi connectivity index (χ3v) is 5.94. The first kappa shape index (κ1) is 15.6. The second kappa shape index (κ2) is 6.05. The van der Waals surface area contributed by atoms with Crippen molar-refractivity contribution in [3.8, 4) is 0 Å². The van der Waals surface area contributed by atoms with Crippen LogP contribution in [0.2, 0.25) is 0 Å². The van der Waals surface area contributed by atoms with E-state index in [4.69, 9.17) is 4.74 Å². The molecule has 0 unspecified atom stereocenters. The van der Waals surface area contributed by atoms with Gasteiger partial charge in [-0.25, -0.2) is 0 Å². The molecular formula is C18H27NO3. The number of hydrogen-bond donors (Lipinski definition) is 0. The summed E-state index contributed by atoms with van der Waals surface area (Å²) in [5.74, 6) is 2.26. The van der Waals surface area contributed by atoms with Gasteiger partial charge in [-0.2, -0.15) is 0 Å². The van der Waals surface area contributed by atoms with E-state index in [-0.39, 0.29) is 23.7 Å². The van der Waals surface area contributed by atoms with Crippen molar-refractivity contribution in [2.75, 3.05) is 20.2 Å². The number of esters is 1. The quantitative estimate of drug-likeness (QED) is 0.560. The van der Waals surface area contributed by atoms with Gasteiger partial charge in [0.05, 0.1) is 18.9 Å². The van der Waals surface area contributed by atoms with Crippen LogP contribution in [-0.4, -0.2) is 37.0 Å². The van der Waals surface area contributed by atoms with Crippen LogP contribution in [0.5, 0.6) is 0 Å². The van der Waals surface area contributed by atoms with Gasteiger partial charge in [0.25, 0.3) is 0 Å². The summed E-state index contributed by atoms with van der Waals surface area (Å²) in [6, 6.07) is 0. The number of carbonyl (C=O) groups is 2. The van der Waals surface area contributed by atoms with E-state index in [1.807, 2.05) is 4.90 Å². The Balaban J connectivity index is 1.72. The number of amides is 1. The van der Waals surface area contributed by atoms with Crippen molar-refractivity contribution in [3.05, 3.63) is 12.7 Å². The summed E-state index contributed by atoms with van der Waals surface area (Å²) < 4.78 is 4.71. The van der Waals surface area contributed by atoms with Gasteiger partial charge < -0.3 is 9.64 Å². The van der Waals surface area contributed by atoms with Gasteiger partial charge in [-0.1, -0.05) is 6.08 Å². The summed E-state index contributed by atoms with van der Waals surface area (Å²) in [6.45, 7) is 4.74. The lowest BCUT2D eigenvalue weighted by Gasteiger charge is -2.56. The van der Waals surface area contributed by atoms with Gasteiger partial charge in [0.2, 0.25) is 5.91 Å². The summed E-state index contributed by atoms with van der Waals surface area (Å²) in [7, 11) is 1.39. The number of nitrogens with zero attached hydrogens (tertiary/aromatic N) is 1. The molecule has 0 heterocycles. The Bertz CT molecular complexity index is 436. The number of ether oxygens (including phenoxy) is 1. The summed E-state index contributed by atoms with van der Waals surface area (Å²) in [5, 5.41) is 0. The number of methoxy groups -OCH3 is 1. The van der Waals surface area contributed by atoms with Gasteiger partial charge in [-0.3, -0.25) is 9.59 Å². The minimum atomic E-state index is -0.257. The van der Waals surface area contributed by atoms with Gasteiger partial charge in [-0.15, -0.1) is 6.58 Å². The van der Waals surface area contributed by atoms with Gasteiger partial charge in [0, 0.05) is 13.1 Å². The zero-order valence-electron chi connectivity index (χ0n) is 13.6. The fourth-order valence-electron chi connectivity index (χ4n) is 5.47. The van der Waals surface area contributed by atoms with Gasteiger partial charge in [0.15, 0.2) is 0 Å². The highest BCUT2D eigenvalue weighted by Crippen LogP contribution is 2.60. The second-order valence-electron chi connectivity index (χ2n) is 7.56. The molecule has 4 rings (SSSR count). The van der Waals surface area contributed by atoms with Crippen LogP contribution < -0.4 is 0 Å². The Kier molecular flexibility index (Phi) is 4.28. The van der Waals surface area contributed by atoms with Gasteiger partial charge in [-0.05, 0) is 56.3 Å². The molecule has 0 N–H and O–H groups in total. The lowest BCUT2D eigenvalue weighted by atomic mass is 9.49. The molecule has 4 aliphatic rings. The zero-order valence-corrected chi connectivity index (χ0v) is 13.6. The van der Waals surface area contributed by atoms with Crippen LogP contribution in [0.4, 0.5) is 0 Å². The van der Waals surface area contributed by atoms with E-state index in [1.165, 1.54) is 26.4 Å². The predicted molar refractivity (Wildman–Crippen MR) is 84.0 cm³/mol. The van der Waals surface area contributed by atoms with Crippen molar-refractivity contribution in [3.63, 3.8) is 0 Å². The second-order valence-corrected chi connectivity index (χ2v) is 7.56. The van der Waals surface area contributed by atoms with Crippen molar-refractivity contribution in [2.45, 2.75) is 44.9 Å². The van der Waals surface area contributed by atoms with Crippen LogP contribution in [-0.2, 0) is 14.3 Å². The molecule has 4 saturated carbocycles. The van der Waals surface area contributed by atoms with Crippen LogP contribution in [0.15, 0.2) is 12.7 Å². The summed E-state index contributed by atoms with van der Waals surface area (Å²) in [5.41, 5.74) is -0.145. The maximum atomic E-state index is 13.2. The van der Waals surface area contributed by atoms with E-state index in [9.17, 15) is 9.59 Å². The maximum absolute atomic E-state index is 13.2. The van der Waals surface area contributed by atoms with Crippen molar-refractivity contribution < 1.29 is 14.3 Å². The van der Waals surface area contributed by atoms with Gasteiger partial charge in [0.1, 0.15) is 0 Å². The molecule has 0 spiro atoms. The smallest absolute Gasteiger partial charge is 0.307 e. The monoisotopic (exact) mass is 305 g/mol. The average Bonchev–Trinajstić information content (AvgIpc) is 2.49. The fourth-order valence-corrected chi connectivity index (χ4v) is 5.47. The van der Waals surface area contributed by atoms with Crippen molar-refractivity contribution in [2.24, 2.45) is 23.2 Å². The molecule has 0 aromatic rings. The minimum Gasteiger partial charge on any atom is -0.469 e. The van der Waals surface area contributed by atoms with E-state index in [0.29, 0.717) is 13.1 Å². The molecule has 1 amide bonds. The predicted octanol–water partition coefficient (Wildman–Crippen LogP) is 2.78. The highest BCUT2D eigenvalue weighted by atomic mass is 16.5. The Morgan fingerprint density at radius 3 is 2.18 bits per heavy atom. The van der Waals surface area contributed by atoms with E-state index in [2.05, 4.69) is 6.58 Å². The van der Waals surface area contributed by atoms with Gasteiger partial charge >= 0.3 is 5.97 Å². The van der Waals surface area contributed by atoms with Crippen LogP contribution in [0.25, 0.3) is 0 Å². The molecule has 4 aliphatic carbocycles. The number of rotatable bonds is 6. The van der Waals surface area contributed by atoms with E-state index in [1.54, 1.807) is 6.08 Å². The first-order valence-electron chi connectivity index (χ1n) is 8.53. The third-order valence-electron chi connectivity index (χ3n) is 5.94. The minimum absolute atomic E-state index is 0.145. The Morgan fingerprint density at radius 1 is 1.18 bits per heavy atom. The van der Waals surface area contributed by atoms with Crippen LogP contribution in [0.3, 0.4) is 0 Å². The van der Waals surface area contributed by atoms with Crippen LogP contribution in [0.1, 0.15) is 44.9 Å². The molecule has 4 fully saturated rings. The van der Waals surface area contributed by atoms with Crippen molar-refractivity contribution >= 4 is 11.9 Å². The highest BCUT2D eigenvalue weighted by molar-refractivity contribution is 5.84. The number of carbonyl (C=O) groups excluding carboxylic acids is 2. The Morgan fingerprint density at radius 2 is 1.73 bits per heavy atom. The van der Waals surface area contributed by atoms with Crippen LogP contribution >= 0.6 is 0 Å². The van der Waals surface area contributed by atoms with Crippen LogP contribution in [0, 0.1) is 23.2 Å². The third kappa shape index (κ3) is 2.80. The standard InChI is InChI=1S/C18H27NO3/c1-3-5-19(6-4-16(20)22-2)17(21)18-10-13-7-14(11-18)9-15(8-13)12-18/h3,13-15H,1,4-12H2,2H3. The summed E-state index contributed by atoms with van der Waals surface area (Å²) >= 11 is 0. The maximum Gasteiger partial charge on any atom is 0.307 e. The molecule has 0 aliphatic heterocycles. The first-order valence-corrected chi connectivity index (χ1v) is 8.53. The Labute approximate surface area is 132 Å². The molecule has 0 aromatic carbocycles. The molecule has 4 nitrogen and oxygen atoms in total. The van der Waals surface area contributed by atoms with E-state index < -0.39 is 0 Å². The number of hydrogen-bond acceptors (Lipinski definition) is 3. The highest BCUT2D eigenvalue weighted by Gasteiger charge is 2.55. The fraction of sp³-hybridized carbons (Fsp3) is 0.778.